The van der Waals surface area contributed by atoms with Crippen LogP contribution in [0.3, 0.4) is 0 Å². The lowest BCUT2D eigenvalue weighted by Crippen LogP contribution is -2.09. The normalized spacial score (nSPS) is 16.4. The molecule has 0 N–H and O–H groups in total. The third-order valence-electron chi connectivity index (χ3n) is 2.88. The maximum Gasteiger partial charge on any atom is 0.235 e. The number of hydrogen-bond donors (Lipinski definition) is 0. The number of aliphatic imine (C=N–C) groups is 1. The second-order valence-corrected chi connectivity index (χ2v) is 4.11. The summed E-state index contributed by atoms with van der Waals surface area (Å²) in [4.78, 5) is 13.9. The van der Waals surface area contributed by atoms with Crippen LogP contribution in [0.15, 0.2) is 17.1 Å². The number of methoxy groups -OCH3 is 1. The van der Waals surface area contributed by atoms with E-state index < -0.39 is 17.2 Å². The average Bonchev–Trinajstić information content (AvgIpc) is 3.05. The minimum absolute atomic E-state index is 0.118. The first-order valence-electron chi connectivity index (χ1n) is 5.19. The maximum absolute atomic E-state index is 13.7. The predicted octanol–water partition coefficient (Wildman–Crippen LogP) is 2.44. The van der Waals surface area contributed by atoms with Gasteiger partial charge in [0.1, 0.15) is 5.54 Å². The van der Waals surface area contributed by atoms with Crippen LogP contribution in [0.2, 0.25) is 0 Å². The summed E-state index contributed by atoms with van der Waals surface area (Å²) in [6, 6.07) is 2.58. The van der Waals surface area contributed by atoms with Crippen LogP contribution in [0.1, 0.15) is 24.0 Å². The number of nitrogens with zero attached hydrogens (tertiary/aromatic N) is 1. The molecule has 0 aromatic heterocycles. The molecule has 5 heteroatoms. The van der Waals surface area contributed by atoms with E-state index in [-0.39, 0.29) is 12.2 Å². The number of halogens is 2. The smallest absolute Gasteiger partial charge is 0.235 e. The Hall–Kier alpha value is -1.58. The van der Waals surface area contributed by atoms with Crippen molar-refractivity contribution in [1.82, 2.24) is 0 Å². The molecule has 0 aliphatic heterocycles. The van der Waals surface area contributed by atoms with E-state index in [0.29, 0.717) is 18.4 Å². The molecule has 0 unspecified atom stereocenters. The van der Waals surface area contributed by atoms with Crippen LogP contribution in [-0.4, -0.2) is 13.2 Å². The Morgan fingerprint density at radius 3 is 2.71 bits per heavy atom. The van der Waals surface area contributed by atoms with Crippen molar-refractivity contribution in [2.24, 2.45) is 4.99 Å². The maximum atomic E-state index is 13.7. The molecule has 0 spiro atoms. The van der Waals surface area contributed by atoms with E-state index >= 15 is 0 Å². The van der Waals surface area contributed by atoms with E-state index in [1.165, 1.54) is 19.3 Å². The van der Waals surface area contributed by atoms with Crippen molar-refractivity contribution >= 4 is 6.08 Å². The van der Waals surface area contributed by atoms with Gasteiger partial charge in [0.15, 0.2) is 11.6 Å². The molecule has 0 saturated heterocycles. The summed E-state index contributed by atoms with van der Waals surface area (Å²) in [6.07, 6.45) is 2.50. The average molecular weight is 239 g/mol. The van der Waals surface area contributed by atoms with Gasteiger partial charge in [-0.1, -0.05) is 0 Å². The first-order valence-corrected chi connectivity index (χ1v) is 5.19. The van der Waals surface area contributed by atoms with Crippen molar-refractivity contribution < 1.29 is 18.3 Å². The highest BCUT2D eigenvalue weighted by Gasteiger charge is 2.47. The Morgan fingerprint density at radius 2 is 2.18 bits per heavy atom. The molecule has 3 nitrogen and oxygen atoms in total. The van der Waals surface area contributed by atoms with Gasteiger partial charge < -0.3 is 4.74 Å². The van der Waals surface area contributed by atoms with Gasteiger partial charge >= 0.3 is 0 Å². The lowest BCUT2D eigenvalue weighted by molar-refractivity contribution is 0.184. The van der Waals surface area contributed by atoms with Crippen LogP contribution in [0.4, 0.5) is 8.78 Å². The van der Waals surface area contributed by atoms with Crippen LogP contribution in [0.25, 0.3) is 0 Å². The van der Waals surface area contributed by atoms with Crippen LogP contribution in [0, 0.1) is 11.6 Å². The van der Waals surface area contributed by atoms with Crippen molar-refractivity contribution in [1.29, 1.82) is 0 Å². The SMILES string of the molecule is COCc1cc(F)c(F)c(C2(N=C=O)CC2)c1. The van der Waals surface area contributed by atoms with Crippen molar-refractivity contribution in [2.75, 3.05) is 7.11 Å². The highest BCUT2D eigenvalue weighted by molar-refractivity contribution is 5.43. The fraction of sp³-hybridized carbons (Fsp3) is 0.417. The Balaban J connectivity index is 2.49. The topological polar surface area (TPSA) is 38.7 Å². The fourth-order valence-corrected chi connectivity index (χ4v) is 1.88. The van der Waals surface area contributed by atoms with E-state index in [2.05, 4.69) is 4.99 Å². The summed E-state index contributed by atoms with van der Waals surface area (Å²) < 4.78 is 31.9. The van der Waals surface area contributed by atoms with E-state index in [1.807, 2.05) is 0 Å². The summed E-state index contributed by atoms with van der Waals surface area (Å²) in [6.45, 7) is 0.186. The molecule has 0 atom stereocenters. The van der Waals surface area contributed by atoms with Gasteiger partial charge in [-0.25, -0.2) is 13.6 Å². The Kier molecular flexibility index (Phi) is 3.05. The third-order valence-corrected chi connectivity index (χ3v) is 2.88. The van der Waals surface area contributed by atoms with Gasteiger partial charge in [0.2, 0.25) is 6.08 Å². The fourth-order valence-electron chi connectivity index (χ4n) is 1.88. The zero-order valence-corrected chi connectivity index (χ0v) is 9.30. The van der Waals surface area contributed by atoms with Gasteiger partial charge in [-0.3, -0.25) is 0 Å². The summed E-state index contributed by atoms with van der Waals surface area (Å²) >= 11 is 0. The molecule has 2 rings (SSSR count). The second-order valence-electron chi connectivity index (χ2n) is 4.11. The molecule has 1 aromatic rings. The zero-order valence-electron chi connectivity index (χ0n) is 9.30. The van der Waals surface area contributed by atoms with E-state index in [4.69, 9.17) is 4.74 Å². The number of carbonyl (C=O) groups excluding carboxylic acids is 1. The van der Waals surface area contributed by atoms with Crippen molar-refractivity contribution in [2.45, 2.75) is 25.0 Å². The number of ether oxygens (including phenoxy) is 1. The van der Waals surface area contributed by atoms with Gasteiger partial charge in [0, 0.05) is 12.7 Å². The Labute approximate surface area is 97.1 Å². The van der Waals surface area contributed by atoms with Gasteiger partial charge in [-0.15, -0.1) is 0 Å². The van der Waals surface area contributed by atoms with Gasteiger partial charge in [0.25, 0.3) is 0 Å². The van der Waals surface area contributed by atoms with Crippen molar-refractivity contribution in [3.05, 3.63) is 34.9 Å². The summed E-state index contributed by atoms with van der Waals surface area (Å²) in [7, 11) is 1.47. The molecule has 1 saturated carbocycles. The van der Waals surface area contributed by atoms with Crippen molar-refractivity contribution in [3.63, 3.8) is 0 Å². The molecule has 0 amide bonds. The first-order chi connectivity index (χ1) is 8.13. The van der Waals surface area contributed by atoms with E-state index in [9.17, 15) is 13.6 Å². The molecule has 17 heavy (non-hydrogen) atoms. The summed E-state index contributed by atoms with van der Waals surface area (Å²) in [5.74, 6) is -1.89. The number of rotatable bonds is 4. The van der Waals surface area contributed by atoms with Gasteiger partial charge in [0.05, 0.1) is 6.61 Å². The Morgan fingerprint density at radius 1 is 1.47 bits per heavy atom. The molecule has 0 heterocycles. The second kappa shape index (κ2) is 4.35. The van der Waals surface area contributed by atoms with Crippen LogP contribution < -0.4 is 0 Å². The molecular weight excluding hydrogens is 228 g/mol. The highest BCUT2D eigenvalue weighted by Crippen LogP contribution is 2.50. The van der Waals surface area contributed by atoms with Crippen LogP contribution in [0.5, 0.6) is 0 Å². The van der Waals surface area contributed by atoms with Gasteiger partial charge in [-0.2, -0.15) is 4.99 Å². The molecule has 0 radical (unpaired) electrons. The Bertz CT molecular complexity index is 492. The minimum atomic E-state index is -0.943. The molecule has 1 fully saturated rings. The first kappa shape index (κ1) is 11.9. The number of isocyanates is 1. The molecule has 1 aliphatic carbocycles. The molecule has 1 aliphatic rings. The highest BCUT2D eigenvalue weighted by atomic mass is 19.2. The lowest BCUT2D eigenvalue weighted by atomic mass is 10.0. The molecule has 0 bridgehead atoms. The van der Waals surface area contributed by atoms with Crippen LogP contribution in [-0.2, 0) is 21.7 Å². The quantitative estimate of drug-likeness (QED) is 0.598. The van der Waals surface area contributed by atoms with E-state index in [0.717, 1.165) is 6.07 Å². The van der Waals surface area contributed by atoms with Gasteiger partial charge in [-0.05, 0) is 30.5 Å². The zero-order chi connectivity index (χ0) is 12.5. The molecule has 90 valence electrons. The number of benzene rings is 1. The largest absolute Gasteiger partial charge is 0.380 e. The summed E-state index contributed by atoms with van der Waals surface area (Å²) in [5.41, 5.74) is -0.266. The van der Waals surface area contributed by atoms with Crippen LogP contribution >= 0.6 is 0 Å². The molecular formula is C12H11F2NO2. The minimum Gasteiger partial charge on any atom is -0.380 e. The summed E-state index contributed by atoms with van der Waals surface area (Å²) in [5, 5.41) is 0. The predicted molar refractivity (Wildman–Crippen MR) is 56.1 cm³/mol. The molecule has 1 aromatic carbocycles. The lowest BCUT2D eigenvalue weighted by Gasteiger charge is -2.12. The third kappa shape index (κ3) is 2.12. The monoisotopic (exact) mass is 239 g/mol. The van der Waals surface area contributed by atoms with E-state index in [1.54, 1.807) is 0 Å². The number of hydrogen-bond acceptors (Lipinski definition) is 3. The van der Waals surface area contributed by atoms with Crippen molar-refractivity contribution in [3.8, 4) is 0 Å². The standard InChI is InChI=1S/C12H11F2NO2/c1-17-6-8-4-9(11(14)10(13)5-8)12(2-3-12)15-7-16/h4-5H,2-3,6H2,1H3.